The molecule has 0 aliphatic heterocycles. The number of methoxy groups -OCH3 is 1. The van der Waals surface area contributed by atoms with Crippen LogP contribution in [0.25, 0.3) is 10.8 Å². The fourth-order valence-electron chi connectivity index (χ4n) is 1.98. The molecule has 0 N–H and O–H groups in total. The number of fused-ring (bicyclic) bond motifs is 1. The van der Waals surface area contributed by atoms with E-state index in [1.807, 2.05) is 38.1 Å². The van der Waals surface area contributed by atoms with Gasteiger partial charge in [-0.15, -0.1) is 0 Å². The van der Waals surface area contributed by atoms with E-state index in [2.05, 4.69) is 0 Å². The molecule has 0 unspecified atom stereocenters. The Bertz CT molecular complexity index is 616. The summed E-state index contributed by atoms with van der Waals surface area (Å²) in [7, 11) is 1.63. The van der Waals surface area contributed by atoms with Gasteiger partial charge < -0.3 is 14.0 Å². The van der Waals surface area contributed by atoms with Crippen LogP contribution < -0.4 is 10.3 Å². The molecule has 0 aliphatic carbocycles. The van der Waals surface area contributed by atoms with Crippen molar-refractivity contribution < 1.29 is 9.47 Å². The lowest BCUT2D eigenvalue weighted by atomic mass is 10.1. The Morgan fingerprint density at radius 3 is 2.74 bits per heavy atom. The molecule has 2 rings (SSSR count). The largest absolute Gasteiger partial charge is 0.491 e. The van der Waals surface area contributed by atoms with Gasteiger partial charge in [0.2, 0.25) is 0 Å². The van der Waals surface area contributed by atoms with E-state index in [1.54, 1.807) is 17.9 Å². The second-order valence-corrected chi connectivity index (χ2v) is 4.72. The number of nitrogens with zero attached hydrogens (tertiary/aromatic N) is 1. The SMILES string of the molecule is COCCn1ccc2cc(OC(C)C)ccc2c1=O. The Balaban J connectivity index is 2.39. The summed E-state index contributed by atoms with van der Waals surface area (Å²) in [6, 6.07) is 7.49. The van der Waals surface area contributed by atoms with Crippen LogP contribution in [-0.2, 0) is 11.3 Å². The van der Waals surface area contributed by atoms with Crippen molar-refractivity contribution in [2.24, 2.45) is 0 Å². The molecular weight excluding hydrogens is 242 g/mol. The zero-order valence-corrected chi connectivity index (χ0v) is 11.6. The molecule has 0 atom stereocenters. The average Bonchev–Trinajstić information content (AvgIpc) is 2.37. The highest BCUT2D eigenvalue weighted by molar-refractivity contribution is 5.82. The van der Waals surface area contributed by atoms with E-state index >= 15 is 0 Å². The van der Waals surface area contributed by atoms with E-state index in [0.29, 0.717) is 18.5 Å². The summed E-state index contributed by atoms with van der Waals surface area (Å²) >= 11 is 0. The Morgan fingerprint density at radius 1 is 1.26 bits per heavy atom. The number of pyridine rings is 1. The van der Waals surface area contributed by atoms with Crippen LogP contribution in [0.3, 0.4) is 0 Å². The smallest absolute Gasteiger partial charge is 0.258 e. The summed E-state index contributed by atoms with van der Waals surface area (Å²) in [6.45, 7) is 5.05. The Kier molecular flexibility index (Phi) is 4.22. The van der Waals surface area contributed by atoms with E-state index < -0.39 is 0 Å². The first-order valence-electron chi connectivity index (χ1n) is 6.40. The highest BCUT2D eigenvalue weighted by atomic mass is 16.5. The quantitative estimate of drug-likeness (QED) is 0.830. The van der Waals surface area contributed by atoms with E-state index in [-0.39, 0.29) is 11.7 Å². The van der Waals surface area contributed by atoms with Gasteiger partial charge in [-0.2, -0.15) is 0 Å². The molecule has 0 spiro atoms. The van der Waals surface area contributed by atoms with Gasteiger partial charge in [0.1, 0.15) is 5.75 Å². The van der Waals surface area contributed by atoms with Crippen molar-refractivity contribution in [3.8, 4) is 5.75 Å². The van der Waals surface area contributed by atoms with Crippen molar-refractivity contribution in [3.63, 3.8) is 0 Å². The van der Waals surface area contributed by atoms with E-state index in [9.17, 15) is 4.79 Å². The Labute approximate surface area is 112 Å². The minimum absolute atomic E-state index is 0.00523. The van der Waals surface area contributed by atoms with Gasteiger partial charge >= 0.3 is 0 Å². The maximum atomic E-state index is 12.2. The monoisotopic (exact) mass is 261 g/mol. The molecule has 0 fully saturated rings. The number of hydrogen-bond acceptors (Lipinski definition) is 3. The summed E-state index contributed by atoms with van der Waals surface area (Å²) in [5.41, 5.74) is 0.00523. The van der Waals surface area contributed by atoms with Crippen molar-refractivity contribution >= 4 is 10.8 Å². The van der Waals surface area contributed by atoms with Crippen molar-refractivity contribution in [1.82, 2.24) is 4.57 Å². The van der Waals surface area contributed by atoms with Gasteiger partial charge in [0.15, 0.2) is 0 Å². The summed E-state index contributed by atoms with van der Waals surface area (Å²) in [5.74, 6) is 0.788. The van der Waals surface area contributed by atoms with E-state index in [0.717, 1.165) is 11.1 Å². The molecule has 4 heteroatoms. The highest BCUT2D eigenvalue weighted by Crippen LogP contribution is 2.19. The molecule has 4 nitrogen and oxygen atoms in total. The predicted molar refractivity (Wildman–Crippen MR) is 75.8 cm³/mol. The maximum Gasteiger partial charge on any atom is 0.258 e. The van der Waals surface area contributed by atoms with Crippen LogP contribution in [0, 0.1) is 0 Å². The number of hydrogen-bond donors (Lipinski definition) is 0. The topological polar surface area (TPSA) is 40.5 Å². The third kappa shape index (κ3) is 3.15. The molecule has 2 aromatic rings. The Morgan fingerprint density at radius 2 is 2.05 bits per heavy atom. The molecule has 1 aromatic carbocycles. The van der Waals surface area contributed by atoms with Crippen LogP contribution in [0.5, 0.6) is 5.75 Å². The molecule has 0 amide bonds. The molecule has 0 bridgehead atoms. The average molecular weight is 261 g/mol. The zero-order chi connectivity index (χ0) is 13.8. The van der Waals surface area contributed by atoms with Crippen LogP contribution in [0.4, 0.5) is 0 Å². The van der Waals surface area contributed by atoms with Gasteiger partial charge in [-0.05, 0) is 43.5 Å². The molecular formula is C15H19NO3. The van der Waals surface area contributed by atoms with E-state index in [1.165, 1.54) is 0 Å². The number of rotatable bonds is 5. The lowest BCUT2D eigenvalue weighted by Crippen LogP contribution is -2.21. The molecule has 0 radical (unpaired) electrons. The van der Waals surface area contributed by atoms with Crippen LogP contribution in [0.1, 0.15) is 13.8 Å². The molecule has 1 aromatic heterocycles. The van der Waals surface area contributed by atoms with Gasteiger partial charge in [0.05, 0.1) is 12.7 Å². The van der Waals surface area contributed by atoms with Crippen LogP contribution in [-0.4, -0.2) is 24.4 Å². The fourth-order valence-corrected chi connectivity index (χ4v) is 1.98. The summed E-state index contributed by atoms with van der Waals surface area (Å²) < 4.78 is 12.3. The zero-order valence-electron chi connectivity index (χ0n) is 11.6. The molecule has 1 heterocycles. The Hall–Kier alpha value is -1.81. The van der Waals surface area contributed by atoms with Crippen molar-refractivity contribution in [2.45, 2.75) is 26.5 Å². The van der Waals surface area contributed by atoms with Crippen molar-refractivity contribution in [3.05, 3.63) is 40.8 Å². The summed E-state index contributed by atoms with van der Waals surface area (Å²) in [5, 5.41) is 1.60. The second kappa shape index (κ2) is 5.89. The minimum Gasteiger partial charge on any atom is -0.491 e. The first kappa shape index (κ1) is 13.6. The molecule has 0 aliphatic rings. The van der Waals surface area contributed by atoms with Crippen molar-refractivity contribution in [1.29, 1.82) is 0 Å². The van der Waals surface area contributed by atoms with Crippen molar-refractivity contribution in [2.75, 3.05) is 13.7 Å². The molecule has 0 saturated heterocycles. The fraction of sp³-hybridized carbons (Fsp3) is 0.400. The van der Waals surface area contributed by atoms with Gasteiger partial charge in [0.25, 0.3) is 5.56 Å². The van der Waals surface area contributed by atoms with Gasteiger partial charge in [-0.1, -0.05) is 0 Å². The van der Waals surface area contributed by atoms with Gasteiger partial charge in [-0.3, -0.25) is 4.79 Å². The first-order valence-corrected chi connectivity index (χ1v) is 6.40. The second-order valence-electron chi connectivity index (χ2n) is 4.72. The first-order chi connectivity index (χ1) is 9.11. The molecule has 0 saturated carbocycles. The molecule has 19 heavy (non-hydrogen) atoms. The third-order valence-electron chi connectivity index (χ3n) is 2.86. The predicted octanol–water partition coefficient (Wildman–Crippen LogP) is 2.44. The van der Waals surface area contributed by atoms with Crippen LogP contribution in [0.15, 0.2) is 35.3 Å². The normalized spacial score (nSPS) is 11.2. The standard InChI is InChI=1S/C15H19NO3/c1-11(2)19-13-4-5-14-12(10-13)6-7-16(15(14)17)8-9-18-3/h4-7,10-11H,8-9H2,1-3H3. The van der Waals surface area contributed by atoms with Crippen LogP contribution in [0.2, 0.25) is 0 Å². The molecule has 102 valence electrons. The van der Waals surface area contributed by atoms with E-state index in [4.69, 9.17) is 9.47 Å². The lowest BCUT2D eigenvalue weighted by Gasteiger charge is -2.11. The maximum absolute atomic E-state index is 12.2. The van der Waals surface area contributed by atoms with Gasteiger partial charge in [0, 0.05) is 25.2 Å². The third-order valence-corrected chi connectivity index (χ3v) is 2.86. The highest BCUT2D eigenvalue weighted by Gasteiger charge is 2.05. The summed E-state index contributed by atoms with van der Waals surface area (Å²) in [6.07, 6.45) is 1.92. The number of benzene rings is 1. The number of ether oxygens (including phenoxy) is 2. The summed E-state index contributed by atoms with van der Waals surface area (Å²) in [4.78, 5) is 12.2. The van der Waals surface area contributed by atoms with Gasteiger partial charge in [-0.25, -0.2) is 0 Å². The van der Waals surface area contributed by atoms with Crippen LogP contribution >= 0.6 is 0 Å². The minimum atomic E-state index is 0.00523. The number of aromatic nitrogens is 1. The lowest BCUT2D eigenvalue weighted by molar-refractivity contribution is 0.186.